The van der Waals surface area contributed by atoms with E-state index in [1.165, 1.54) is 25.1 Å². The van der Waals surface area contributed by atoms with Gasteiger partial charge in [0.15, 0.2) is 0 Å². The molecule has 1 aromatic rings. The van der Waals surface area contributed by atoms with Crippen molar-refractivity contribution in [2.24, 2.45) is 0 Å². The number of nitrogens with one attached hydrogen (secondary N) is 2. The molecule has 1 aromatic carbocycles. The fraction of sp³-hybridized carbons (Fsp3) is 0.467. The molecule has 2 rings (SSSR count). The van der Waals surface area contributed by atoms with Gasteiger partial charge in [0.1, 0.15) is 0 Å². The number of anilines is 1. The Morgan fingerprint density at radius 3 is 2.71 bits per heavy atom. The average molecular weight is 374 g/mol. The molecule has 1 aliphatic rings. The fourth-order valence-electron chi connectivity index (χ4n) is 2.45. The molecule has 1 heterocycles. The van der Waals surface area contributed by atoms with Crippen LogP contribution in [0.15, 0.2) is 23.1 Å². The van der Waals surface area contributed by atoms with E-state index in [1.54, 1.807) is 4.90 Å². The van der Waals surface area contributed by atoms with Gasteiger partial charge in [0, 0.05) is 33.0 Å². The lowest BCUT2D eigenvalue weighted by Crippen LogP contribution is -2.30. The van der Waals surface area contributed by atoms with Gasteiger partial charge in [0.2, 0.25) is 21.8 Å². The third-order valence-corrected chi connectivity index (χ3v) is 5.40. The van der Waals surface area contributed by atoms with Gasteiger partial charge >= 0.3 is 0 Å². The zero-order valence-corrected chi connectivity index (χ0v) is 14.9. The zero-order chi connectivity index (χ0) is 17.7. The van der Waals surface area contributed by atoms with Gasteiger partial charge in [-0.1, -0.05) is 11.6 Å². The molecule has 24 heavy (non-hydrogen) atoms. The number of amides is 2. The first-order valence-corrected chi connectivity index (χ1v) is 9.50. The molecule has 9 heteroatoms. The summed E-state index contributed by atoms with van der Waals surface area (Å²) in [5, 5.41) is 2.66. The lowest BCUT2D eigenvalue weighted by Gasteiger charge is -2.15. The molecule has 7 nitrogen and oxygen atoms in total. The second-order valence-corrected chi connectivity index (χ2v) is 7.73. The molecule has 0 aliphatic carbocycles. The van der Waals surface area contributed by atoms with Gasteiger partial charge in [0.05, 0.1) is 15.6 Å². The first kappa shape index (κ1) is 18.7. The molecule has 2 amide bonds. The Hall–Kier alpha value is -1.64. The highest BCUT2D eigenvalue weighted by atomic mass is 35.5. The van der Waals surface area contributed by atoms with E-state index >= 15 is 0 Å². The summed E-state index contributed by atoms with van der Waals surface area (Å²) in [4.78, 5) is 24.3. The summed E-state index contributed by atoms with van der Waals surface area (Å²) < 4.78 is 27.0. The molecule has 1 fully saturated rings. The van der Waals surface area contributed by atoms with Crippen LogP contribution in [0.2, 0.25) is 5.02 Å². The van der Waals surface area contributed by atoms with Gasteiger partial charge in [-0.25, -0.2) is 13.1 Å². The van der Waals surface area contributed by atoms with Gasteiger partial charge in [-0.3, -0.25) is 9.59 Å². The molecule has 0 spiro atoms. The molecule has 1 saturated heterocycles. The Balaban J connectivity index is 1.91. The number of rotatable bonds is 7. The monoisotopic (exact) mass is 373 g/mol. The average Bonchev–Trinajstić information content (AvgIpc) is 2.90. The van der Waals surface area contributed by atoms with Crippen molar-refractivity contribution >= 4 is 39.1 Å². The van der Waals surface area contributed by atoms with E-state index in [1.807, 2.05) is 0 Å². The van der Waals surface area contributed by atoms with Crippen molar-refractivity contribution < 1.29 is 18.0 Å². The fourth-order valence-corrected chi connectivity index (χ4v) is 3.85. The minimum absolute atomic E-state index is 0.0267. The molecule has 0 atom stereocenters. The maximum atomic E-state index is 12.2. The summed E-state index contributed by atoms with van der Waals surface area (Å²) in [6, 6.07) is 4.11. The van der Waals surface area contributed by atoms with Crippen LogP contribution in [0, 0.1) is 0 Å². The normalized spacial score (nSPS) is 14.9. The predicted octanol–water partition coefficient (Wildman–Crippen LogP) is 1.59. The van der Waals surface area contributed by atoms with Crippen molar-refractivity contribution in [3.05, 3.63) is 23.2 Å². The van der Waals surface area contributed by atoms with Gasteiger partial charge in [0.25, 0.3) is 0 Å². The Kier molecular flexibility index (Phi) is 6.20. The van der Waals surface area contributed by atoms with Crippen molar-refractivity contribution in [2.45, 2.75) is 31.1 Å². The van der Waals surface area contributed by atoms with Crippen LogP contribution in [0.4, 0.5) is 5.69 Å². The molecule has 132 valence electrons. The van der Waals surface area contributed by atoms with Crippen molar-refractivity contribution in [3.63, 3.8) is 0 Å². The zero-order valence-electron chi connectivity index (χ0n) is 13.3. The molecular formula is C15H20ClN3O4S. The van der Waals surface area contributed by atoms with Crippen molar-refractivity contribution in [1.29, 1.82) is 0 Å². The SMILES string of the molecule is CC(=O)Nc1ccc(S(=O)(=O)NCCCN2CCCC2=O)cc1Cl. The lowest BCUT2D eigenvalue weighted by molar-refractivity contribution is -0.127. The largest absolute Gasteiger partial charge is 0.343 e. The second kappa shape index (κ2) is 7.96. The van der Waals surface area contributed by atoms with Crippen LogP contribution in [-0.4, -0.2) is 44.8 Å². The van der Waals surface area contributed by atoms with Crippen LogP contribution in [-0.2, 0) is 19.6 Å². The minimum atomic E-state index is -3.69. The molecule has 0 radical (unpaired) electrons. The number of carbonyl (C=O) groups is 2. The second-order valence-electron chi connectivity index (χ2n) is 5.56. The van der Waals surface area contributed by atoms with Gasteiger partial charge < -0.3 is 10.2 Å². The third-order valence-electron chi connectivity index (χ3n) is 3.63. The standard InChI is InChI=1S/C15H20ClN3O4S/c1-11(20)18-14-6-5-12(10-13(14)16)24(22,23)17-7-3-9-19-8-2-4-15(19)21/h5-6,10,17H,2-4,7-9H2,1H3,(H,18,20). The van der Waals surface area contributed by atoms with Crippen molar-refractivity contribution in [2.75, 3.05) is 25.0 Å². The van der Waals surface area contributed by atoms with Crippen LogP contribution in [0.25, 0.3) is 0 Å². The summed E-state index contributed by atoms with van der Waals surface area (Å²) >= 11 is 5.99. The smallest absolute Gasteiger partial charge is 0.240 e. The predicted molar refractivity (Wildman–Crippen MR) is 91.4 cm³/mol. The summed E-state index contributed by atoms with van der Waals surface area (Å²) in [7, 11) is -3.69. The number of likely N-dealkylation sites (tertiary alicyclic amines) is 1. The molecule has 0 aromatic heterocycles. The Labute approximate surface area is 146 Å². The highest BCUT2D eigenvalue weighted by Gasteiger charge is 2.20. The number of hydrogen-bond acceptors (Lipinski definition) is 4. The van der Waals surface area contributed by atoms with E-state index in [9.17, 15) is 18.0 Å². The van der Waals surface area contributed by atoms with Crippen molar-refractivity contribution in [1.82, 2.24) is 9.62 Å². The number of carbonyl (C=O) groups excluding carboxylic acids is 2. The van der Waals surface area contributed by atoms with E-state index in [4.69, 9.17) is 11.6 Å². The maximum absolute atomic E-state index is 12.2. The van der Waals surface area contributed by atoms with E-state index in [0.29, 0.717) is 25.1 Å². The number of benzene rings is 1. The summed E-state index contributed by atoms with van der Waals surface area (Å²) in [5.74, 6) is -0.166. The van der Waals surface area contributed by atoms with Crippen molar-refractivity contribution in [3.8, 4) is 0 Å². The van der Waals surface area contributed by atoms with Crippen LogP contribution in [0.1, 0.15) is 26.2 Å². The molecule has 0 unspecified atom stereocenters. The molecular weight excluding hydrogens is 354 g/mol. The quantitative estimate of drug-likeness (QED) is 0.709. The molecule has 0 saturated carbocycles. The van der Waals surface area contributed by atoms with Crippen LogP contribution in [0.3, 0.4) is 0 Å². The Morgan fingerprint density at radius 1 is 1.38 bits per heavy atom. The van der Waals surface area contributed by atoms with Gasteiger partial charge in [-0.2, -0.15) is 0 Å². The van der Waals surface area contributed by atoms with Gasteiger partial charge in [-0.05, 0) is 31.0 Å². The van der Waals surface area contributed by atoms with E-state index in [-0.39, 0.29) is 28.3 Å². The first-order valence-electron chi connectivity index (χ1n) is 7.64. The highest BCUT2D eigenvalue weighted by molar-refractivity contribution is 7.89. The number of nitrogens with zero attached hydrogens (tertiary/aromatic N) is 1. The Bertz CT molecular complexity index is 736. The topological polar surface area (TPSA) is 95.6 Å². The minimum Gasteiger partial charge on any atom is -0.343 e. The maximum Gasteiger partial charge on any atom is 0.240 e. The van der Waals surface area contributed by atoms with Crippen LogP contribution >= 0.6 is 11.6 Å². The first-order chi connectivity index (χ1) is 11.3. The number of halogens is 1. The van der Waals surface area contributed by atoms with Gasteiger partial charge in [-0.15, -0.1) is 0 Å². The summed E-state index contributed by atoms with van der Waals surface area (Å²) in [6.45, 7) is 2.86. The number of sulfonamides is 1. The lowest BCUT2D eigenvalue weighted by atomic mass is 10.3. The Morgan fingerprint density at radius 2 is 2.12 bits per heavy atom. The third kappa shape index (κ3) is 4.93. The molecule has 2 N–H and O–H groups in total. The summed E-state index contributed by atoms with van der Waals surface area (Å²) in [5.41, 5.74) is 0.357. The van der Waals surface area contributed by atoms with E-state index in [2.05, 4.69) is 10.0 Å². The highest BCUT2D eigenvalue weighted by Crippen LogP contribution is 2.25. The number of hydrogen-bond donors (Lipinski definition) is 2. The van der Waals surface area contributed by atoms with E-state index < -0.39 is 10.0 Å². The van der Waals surface area contributed by atoms with Crippen LogP contribution in [0.5, 0.6) is 0 Å². The molecule has 0 bridgehead atoms. The van der Waals surface area contributed by atoms with Crippen LogP contribution < -0.4 is 10.0 Å². The summed E-state index contributed by atoms with van der Waals surface area (Å²) in [6.07, 6.45) is 1.98. The van der Waals surface area contributed by atoms with E-state index in [0.717, 1.165) is 13.0 Å². The molecule has 1 aliphatic heterocycles.